The first-order chi connectivity index (χ1) is 9.70. The van der Waals surface area contributed by atoms with Crippen LogP contribution in [0.25, 0.3) is 0 Å². The van der Waals surface area contributed by atoms with Crippen LogP contribution in [0.15, 0.2) is 51.2 Å². The van der Waals surface area contributed by atoms with Crippen LogP contribution >= 0.6 is 27.7 Å². The van der Waals surface area contributed by atoms with Crippen LogP contribution in [0.3, 0.4) is 0 Å². The third kappa shape index (κ3) is 4.30. The summed E-state index contributed by atoms with van der Waals surface area (Å²) in [7, 11) is 0. The Morgan fingerprint density at radius 1 is 1.30 bits per heavy atom. The first kappa shape index (κ1) is 15.5. The lowest BCUT2D eigenvalue weighted by molar-refractivity contribution is 0.568. The van der Waals surface area contributed by atoms with Gasteiger partial charge in [-0.05, 0) is 55.4 Å². The molecule has 0 bridgehead atoms. The van der Waals surface area contributed by atoms with Crippen molar-refractivity contribution in [3.8, 4) is 0 Å². The molecule has 0 amide bonds. The van der Waals surface area contributed by atoms with Gasteiger partial charge in [0.2, 0.25) is 0 Å². The molecule has 2 aromatic rings. The number of aromatic nitrogens is 2. The van der Waals surface area contributed by atoms with Crippen molar-refractivity contribution in [2.45, 2.75) is 36.4 Å². The van der Waals surface area contributed by atoms with Crippen LogP contribution in [-0.2, 0) is 0 Å². The summed E-state index contributed by atoms with van der Waals surface area (Å²) in [5, 5.41) is 4.26. The molecule has 1 N–H and O–H groups in total. The molecule has 0 fully saturated rings. The Hall–Kier alpha value is -0.910. The normalized spacial score (nSPS) is 12.3. The summed E-state index contributed by atoms with van der Waals surface area (Å²) >= 11 is 5.23. The number of hydrogen-bond acceptors (Lipinski definition) is 4. The van der Waals surface area contributed by atoms with Crippen molar-refractivity contribution < 1.29 is 0 Å². The number of halogens is 1. The van der Waals surface area contributed by atoms with E-state index in [0.29, 0.717) is 6.04 Å². The van der Waals surface area contributed by atoms with Gasteiger partial charge in [-0.3, -0.25) is 0 Å². The van der Waals surface area contributed by atoms with Crippen LogP contribution in [0.2, 0.25) is 0 Å². The Labute approximate surface area is 132 Å². The Kier molecular flexibility index (Phi) is 6.01. The lowest BCUT2D eigenvalue weighted by atomic mass is 10.1. The molecule has 0 aliphatic rings. The van der Waals surface area contributed by atoms with Gasteiger partial charge in [0, 0.05) is 27.8 Å². The molecule has 0 spiro atoms. The maximum Gasteiger partial charge on any atom is 0.192 e. The zero-order chi connectivity index (χ0) is 14.4. The second-order valence-electron chi connectivity index (χ2n) is 4.49. The summed E-state index contributed by atoms with van der Waals surface area (Å²) < 4.78 is 1.12. The Balaban J connectivity index is 2.09. The fourth-order valence-corrected chi connectivity index (χ4v) is 3.46. The van der Waals surface area contributed by atoms with E-state index in [1.54, 1.807) is 24.2 Å². The minimum Gasteiger partial charge on any atom is -0.310 e. The highest BCUT2D eigenvalue weighted by Crippen LogP contribution is 2.31. The summed E-state index contributed by atoms with van der Waals surface area (Å²) in [4.78, 5) is 9.59. The van der Waals surface area contributed by atoms with Gasteiger partial charge in [0.25, 0.3) is 0 Å². The topological polar surface area (TPSA) is 37.8 Å². The molecule has 2 rings (SSSR count). The van der Waals surface area contributed by atoms with Gasteiger partial charge in [-0.15, -0.1) is 0 Å². The average Bonchev–Trinajstić information content (AvgIpc) is 2.46. The van der Waals surface area contributed by atoms with Crippen LogP contribution in [0.1, 0.15) is 31.9 Å². The van der Waals surface area contributed by atoms with Crippen LogP contribution in [0.5, 0.6) is 0 Å². The van der Waals surface area contributed by atoms with Gasteiger partial charge >= 0.3 is 0 Å². The van der Waals surface area contributed by atoms with E-state index in [1.807, 2.05) is 6.07 Å². The fourth-order valence-electron chi connectivity index (χ4n) is 1.84. The molecule has 1 heterocycles. The molecule has 1 unspecified atom stereocenters. The molecule has 0 saturated heterocycles. The van der Waals surface area contributed by atoms with Crippen LogP contribution < -0.4 is 5.32 Å². The molecule has 0 saturated carbocycles. The maximum absolute atomic E-state index is 4.23. The summed E-state index contributed by atoms with van der Waals surface area (Å²) in [6.45, 7) is 5.39. The van der Waals surface area contributed by atoms with Gasteiger partial charge in [-0.1, -0.05) is 28.9 Å². The highest BCUT2D eigenvalue weighted by atomic mass is 79.9. The zero-order valence-electron chi connectivity index (χ0n) is 11.6. The lowest BCUT2D eigenvalue weighted by Crippen LogP contribution is -2.19. The van der Waals surface area contributed by atoms with Gasteiger partial charge < -0.3 is 5.32 Å². The van der Waals surface area contributed by atoms with E-state index in [9.17, 15) is 0 Å². The van der Waals surface area contributed by atoms with Gasteiger partial charge in [0.1, 0.15) is 0 Å². The largest absolute Gasteiger partial charge is 0.310 e. The molecule has 1 atom stereocenters. The van der Waals surface area contributed by atoms with Crippen LogP contribution in [0.4, 0.5) is 0 Å². The molecule has 5 heteroatoms. The number of nitrogens with one attached hydrogen (secondary N) is 1. The smallest absolute Gasteiger partial charge is 0.192 e. The van der Waals surface area contributed by atoms with Crippen LogP contribution in [-0.4, -0.2) is 16.5 Å². The molecule has 106 valence electrons. The zero-order valence-corrected chi connectivity index (χ0v) is 14.0. The molecule has 1 aromatic heterocycles. The second kappa shape index (κ2) is 7.76. The van der Waals surface area contributed by atoms with Crippen molar-refractivity contribution in [2.24, 2.45) is 0 Å². The molecular weight excluding hydrogens is 334 g/mol. The van der Waals surface area contributed by atoms with E-state index in [0.717, 1.165) is 27.5 Å². The van der Waals surface area contributed by atoms with Crippen molar-refractivity contribution in [1.82, 2.24) is 15.3 Å². The molecule has 0 aliphatic carbocycles. The Bertz CT molecular complexity index is 548. The van der Waals surface area contributed by atoms with Crippen molar-refractivity contribution in [2.75, 3.05) is 6.54 Å². The summed E-state index contributed by atoms with van der Waals surface area (Å²) in [6, 6.07) is 8.56. The highest BCUT2D eigenvalue weighted by Gasteiger charge is 2.10. The predicted molar refractivity (Wildman–Crippen MR) is 87.0 cm³/mol. The number of hydrogen-bond donors (Lipinski definition) is 1. The van der Waals surface area contributed by atoms with Crippen molar-refractivity contribution >= 4 is 27.7 Å². The minimum absolute atomic E-state index is 0.344. The van der Waals surface area contributed by atoms with Gasteiger partial charge in [-0.25, -0.2) is 9.97 Å². The maximum atomic E-state index is 4.23. The lowest BCUT2D eigenvalue weighted by Gasteiger charge is -2.16. The highest BCUT2D eigenvalue weighted by molar-refractivity contribution is 9.10. The van der Waals surface area contributed by atoms with Gasteiger partial charge in [0.15, 0.2) is 5.16 Å². The molecule has 3 nitrogen and oxygen atoms in total. The number of rotatable bonds is 6. The molecular formula is C15H18BrN3S. The Morgan fingerprint density at radius 2 is 2.05 bits per heavy atom. The third-order valence-corrected chi connectivity index (χ3v) is 4.46. The molecule has 0 radical (unpaired) electrons. The summed E-state index contributed by atoms with van der Waals surface area (Å²) in [5.41, 5.74) is 1.27. The van der Waals surface area contributed by atoms with Crippen LogP contribution in [0, 0.1) is 0 Å². The van der Waals surface area contributed by atoms with E-state index >= 15 is 0 Å². The van der Waals surface area contributed by atoms with E-state index in [-0.39, 0.29) is 0 Å². The van der Waals surface area contributed by atoms with Gasteiger partial charge in [0.05, 0.1) is 0 Å². The van der Waals surface area contributed by atoms with Crippen molar-refractivity contribution in [1.29, 1.82) is 0 Å². The van der Waals surface area contributed by atoms with Crippen molar-refractivity contribution in [3.05, 3.63) is 46.7 Å². The summed E-state index contributed by atoms with van der Waals surface area (Å²) in [5.74, 6) is 0. The van der Waals surface area contributed by atoms with Crippen molar-refractivity contribution in [3.63, 3.8) is 0 Å². The minimum atomic E-state index is 0.344. The SMILES string of the molecule is CCCNC(C)c1ccc(Sc2ncccn2)cc1Br. The van der Waals surface area contributed by atoms with E-state index in [4.69, 9.17) is 0 Å². The average molecular weight is 352 g/mol. The third-order valence-electron chi connectivity index (χ3n) is 2.89. The quantitative estimate of drug-likeness (QED) is 0.780. The first-order valence-electron chi connectivity index (χ1n) is 6.68. The predicted octanol–water partition coefficient (Wildman–Crippen LogP) is 4.45. The summed E-state index contributed by atoms with van der Waals surface area (Å²) in [6.07, 6.45) is 4.66. The monoisotopic (exact) mass is 351 g/mol. The van der Waals surface area contributed by atoms with E-state index < -0.39 is 0 Å². The first-order valence-corrected chi connectivity index (χ1v) is 8.29. The Morgan fingerprint density at radius 3 is 2.70 bits per heavy atom. The number of benzene rings is 1. The fraction of sp³-hybridized carbons (Fsp3) is 0.333. The van der Waals surface area contributed by atoms with Gasteiger partial charge in [-0.2, -0.15) is 0 Å². The molecule has 0 aliphatic heterocycles. The number of nitrogens with zero attached hydrogens (tertiary/aromatic N) is 2. The standard InChI is InChI=1S/C15H18BrN3S/c1-3-7-17-11(2)13-6-5-12(10-14(13)16)20-15-18-8-4-9-19-15/h4-6,8-11,17H,3,7H2,1-2H3. The van der Waals surface area contributed by atoms with E-state index in [2.05, 4.69) is 63.3 Å². The molecule has 1 aromatic carbocycles. The molecule has 20 heavy (non-hydrogen) atoms. The second-order valence-corrected chi connectivity index (χ2v) is 6.39. The van der Waals surface area contributed by atoms with E-state index in [1.165, 1.54) is 5.56 Å².